The van der Waals surface area contributed by atoms with Crippen molar-refractivity contribution in [3.63, 3.8) is 0 Å². The molecule has 3 aliphatic rings. The van der Waals surface area contributed by atoms with Gasteiger partial charge in [-0.25, -0.2) is 9.97 Å². The zero-order valence-electron chi connectivity index (χ0n) is 12.8. The Balaban J connectivity index is 1.43. The third kappa shape index (κ3) is 3.05. The van der Waals surface area contributed by atoms with Crippen molar-refractivity contribution in [3.05, 3.63) is 18.0 Å². The van der Waals surface area contributed by atoms with Crippen molar-refractivity contribution < 1.29 is 0 Å². The lowest BCUT2D eigenvalue weighted by Crippen LogP contribution is -2.47. The Kier molecular flexibility index (Phi) is 3.80. The zero-order chi connectivity index (χ0) is 14.1. The second-order valence-electron chi connectivity index (χ2n) is 6.99. The fraction of sp³-hybridized carbons (Fsp3) is 0.765. The first-order chi connectivity index (χ1) is 10.4. The lowest BCUT2D eigenvalue weighted by Gasteiger charge is -2.44. The summed E-state index contributed by atoms with van der Waals surface area (Å²) in [4.78, 5) is 11.8. The highest BCUT2D eigenvalue weighted by molar-refractivity contribution is 5.33. The zero-order valence-corrected chi connectivity index (χ0v) is 12.8. The van der Waals surface area contributed by atoms with E-state index in [1.165, 1.54) is 56.9 Å². The first kappa shape index (κ1) is 13.5. The van der Waals surface area contributed by atoms with Gasteiger partial charge in [0.15, 0.2) is 0 Å². The van der Waals surface area contributed by atoms with Gasteiger partial charge in [-0.1, -0.05) is 12.8 Å². The molecule has 3 fully saturated rings. The van der Waals surface area contributed by atoms with Gasteiger partial charge in [0, 0.05) is 43.1 Å². The third-order valence-electron chi connectivity index (χ3n) is 5.36. The number of piperidine rings is 1. The number of rotatable bonds is 4. The Morgan fingerprint density at radius 2 is 1.76 bits per heavy atom. The number of nitrogens with one attached hydrogen (secondary N) is 1. The highest BCUT2D eigenvalue weighted by Crippen LogP contribution is 2.36. The standard InChI is InChI=1S/C17H26N4/c1-2-6-16-14(4-1)5-3-9-21(16)17-19-11-13(12-20-17)10-18-15-7-8-15/h11-12,14-16,18H,1-10H2/t14-,16-/m1/s1. The average Bonchev–Trinajstić information content (AvgIpc) is 3.37. The number of fused-ring (bicyclic) bond motifs is 1. The fourth-order valence-corrected chi connectivity index (χ4v) is 4.01. The van der Waals surface area contributed by atoms with Crippen molar-refractivity contribution >= 4 is 5.95 Å². The van der Waals surface area contributed by atoms with Crippen LogP contribution in [0.25, 0.3) is 0 Å². The van der Waals surface area contributed by atoms with Gasteiger partial charge >= 0.3 is 0 Å². The van der Waals surface area contributed by atoms with Gasteiger partial charge in [-0.2, -0.15) is 0 Å². The number of anilines is 1. The van der Waals surface area contributed by atoms with Crippen molar-refractivity contribution in [1.29, 1.82) is 0 Å². The Bertz CT molecular complexity index is 466. The van der Waals surface area contributed by atoms with Crippen molar-refractivity contribution in [2.24, 2.45) is 5.92 Å². The lowest BCUT2D eigenvalue weighted by molar-refractivity contribution is 0.241. The van der Waals surface area contributed by atoms with Crippen LogP contribution in [0.1, 0.15) is 56.9 Å². The molecule has 0 aromatic carbocycles. The molecule has 1 N–H and O–H groups in total. The summed E-state index contributed by atoms with van der Waals surface area (Å²) in [5.74, 6) is 1.84. The quantitative estimate of drug-likeness (QED) is 0.924. The number of nitrogens with zero attached hydrogens (tertiary/aromatic N) is 3. The molecule has 1 aliphatic heterocycles. The van der Waals surface area contributed by atoms with Gasteiger partial charge in [0.1, 0.15) is 0 Å². The molecular weight excluding hydrogens is 260 g/mol. The Morgan fingerprint density at radius 3 is 2.57 bits per heavy atom. The van der Waals surface area contributed by atoms with Gasteiger partial charge in [0.2, 0.25) is 5.95 Å². The van der Waals surface area contributed by atoms with Crippen LogP contribution < -0.4 is 10.2 Å². The maximum Gasteiger partial charge on any atom is 0.225 e. The lowest BCUT2D eigenvalue weighted by atomic mass is 9.78. The van der Waals surface area contributed by atoms with Crippen LogP contribution in [0.15, 0.2) is 12.4 Å². The molecule has 21 heavy (non-hydrogen) atoms. The molecule has 114 valence electrons. The van der Waals surface area contributed by atoms with Crippen molar-refractivity contribution in [2.45, 2.75) is 70.0 Å². The van der Waals surface area contributed by atoms with E-state index in [4.69, 9.17) is 0 Å². The Hall–Kier alpha value is -1.16. The van der Waals surface area contributed by atoms with Crippen LogP contribution >= 0.6 is 0 Å². The van der Waals surface area contributed by atoms with Crippen LogP contribution in [0, 0.1) is 5.92 Å². The Morgan fingerprint density at radius 1 is 1.00 bits per heavy atom. The molecule has 1 aromatic heterocycles. The molecule has 0 spiro atoms. The number of aromatic nitrogens is 2. The van der Waals surface area contributed by atoms with Crippen LogP contribution in [0.2, 0.25) is 0 Å². The average molecular weight is 286 g/mol. The van der Waals surface area contributed by atoms with Crippen molar-refractivity contribution in [1.82, 2.24) is 15.3 Å². The predicted molar refractivity (Wildman–Crippen MR) is 84.2 cm³/mol. The molecule has 1 aromatic rings. The van der Waals surface area contributed by atoms with Crippen LogP contribution in [-0.2, 0) is 6.54 Å². The molecule has 4 rings (SSSR count). The maximum absolute atomic E-state index is 4.67. The van der Waals surface area contributed by atoms with E-state index in [2.05, 4.69) is 20.2 Å². The van der Waals surface area contributed by atoms with E-state index in [0.717, 1.165) is 31.0 Å². The number of hydrogen-bond donors (Lipinski definition) is 1. The smallest absolute Gasteiger partial charge is 0.225 e. The summed E-state index contributed by atoms with van der Waals surface area (Å²) in [7, 11) is 0. The van der Waals surface area contributed by atoms with Crippen molar-refractivity contribution in [2.75, 3.05) is 11.4 Å². The highest BCUT2D eigenvalue weighted by atomic mass is 15.3. The van der Waals surface area contributed by atoms with E-state index in [9.17, 15) is 0 Å². The molecule has 0 unspecified atom stereocenters. The molecule has 2 atom stereocenters. The predicted octanol–water partition coefficient (Wildman–Crippen LogP) is 2.89. The van der Waals surface area contributed by atoms with Crippen LogP contribution in [0.5, 0.6) is 0 Å². The summed E-state index contributed by atoms with van der Waals surface area (Å²) in [6, 6.07) is 1.44. The molecular formula is C17H26N4. The van der Waals surface area contributed by atoms with Crippen LogP contribution in [-0.4, -0.2) is 28.6 Å². The first-order valence-electron chi connectivity index (χ1n) is 8.71. The highest BCUT2D eigenvalue weighted by Gasteiger charge is 2.34. The summed E-state index contributed by atoms with van der Waals surface area (Å²) in [6.07, 6.45) is 14.9. The molecule has 2 aliphatic carbocycles. The minimum Gasteiger partial charge on any atom is -0.338 e. The second kappa shape index (κ2) is 5.91. The summed E-state index contributed by atoms with van der Waals surface area (Å²) in [6.45, 7) is 2.05. The van der Waals surface area contributed by atoms with Gasteiger partial charge in [0.25, 0.3) is 0 Å². The molecule has 1 saturated heterocycles. The van der Waals surface area contributed by atoms with Crippen LogP contribution in [0.4, 0.5) is 5.95 Å². The van der Waals surface area contributed by atoms with Gasteiger partial charge in [0.05, 0.1) is 0 Å². The first-order valence-corrected chi connectivity index (χ1v) is 8.71. The molecule has 0 amide bonds. The Labute approximate surface area is 127 Å². The SMILES string of the molecule is c1nc(N2CCC[C@H]3CCCC[C@H]32)ncc1CNC1CC1. The molecule has 4 heteroatoms. The van der Waals surface area contributed by atoms with E-state index in [1.54, 1.807) is 0 Å². The van der Waals surface area contributed by atoms with Gasteiger partial charge < -0.3 is 10.2 Å². The summed E-state index contributed by atoms with van der Waals surface area (Å²) in [5, 5.41) is 3.52. The summed E-state index contributed by atoms with van der Waals surface area (Å²) in [5.41, 5.74) is 1.21. The van der Waals surface area contributed by atoms with Gasteiger partial charge in [-0.3, -0.25) is 0 Å². The molecule has 2 heterocycles. The van der Waals surface area contributed by atoms with Gasteiger partial charge in [-0.05, 0) is 44.4 Å². The van der Waals surface area contributed by atoms with E-state index >= 15 is 0 Å². The minimum atomic E-state index is 0.697. The molecule has 0 bridgehead atoms. The van der Waals surface area contributed by atoms with E-state index < -0.39 is 0 Å². The fourth-order valence-electron chi connectivity index (χ4n) is 4.01. The molecule has 2 saturated carbocycles. The van der Waals surface area contributed by atoms with E-state index in [1.807, 2.05) is 12.4 Å². The third-order valence-corrected chi connectivity index (χ3v) is 5.36. The van der Waals surface area contributed by atoms with Crippen LogP contribution in [0.3, 0.4) is 0 Å². The van der Waals surface area contributed by atoms with E-state index in [0.29, 0.717) is 6.04 Å². The molecule has 0 radical (unpaired) electrons. The topological polar surface area (TPSA) is 41.1 Å². The van der Waals surface area contributed by atoms with Crippen molar-refractivity contribution in [3.8, 4) is 0 Å². The number of hydrogen-bond acceptors (Lipinski definition) is 4. The largest absolute Gasteiger partial charge is 0.338 e. The second-order valence-corrected chi connectivity index (χ2v) is 6.99. The monoisotopic (exact) mass is 286 g/mol. The summed E-state index contributed by atoms with van der Waals surface area (Å²) < 4.78 is 0. The summed E-state index contributed by atoms with van der Waals surface area (Å²) >= 11 is 0. The molecule has 4 nitrogen and oxygen atoms in total. The van der Waals surface area contributed by atoms with E-state index in [-0.39, 0.29) is 0 Å². The normalized spacial score (nSPS) is 29.2. The minimum absolute atomic E-state index is 0.697. The maximum atomic E-state index is 4.67. The van der Waals surface area contributed by atoms with Gasteiger partial charge in [-0.15, -0.1) is 0 Å².